The molecule has 0 atom stereocenters. The molecule has 0 bridgehead atoms. The van der Waals surface area contributed by atoms with Crippen LogP contribution in [0.15, 0.2) is 34.4 Å². The summed E-state index contributed by atoms with van der Waals surface area (Å²) in [4.78, 5) is 9.66. The highest BCUT2D eigenvalue weighted by atomic mass is 35.5. The fraction of sp³-hybridized carbons (Fsp3) is 0.286. The van der Waals surface area contributed by atoms with Crippen LogP contribution < -0.4 is 5.32 Å². The normalized spacial score (nSPS) is 10.9. The van der Waals surface area contributed by atoms with Gasteiger partial charge in [0.25, 0.3) is 0 Å². The Kier molecular flexibility index (Phi) is 5.13. The molecule has 0 saturated heterocycles. The first-order valence-electron chi connectivity index (χ1n) is 6.18. The van der Waals surface area contributed by atoms with E-state index < -0.39 is 0 Å². The van der Waals surface area contributed by atoms with Gasteiger partial charge in [0.05, 0.1) is 10.0 Å². The van der Waals surface area contributed by atoms with Crippen molar-refractivity contribution < 1.29 is 0 Å². The van der Waals surface area contributed by atoms with Crippen molar-refractivity contribution in [2.75, 3.05) is 12.4 Å². The summed E-state index contributed by atoms with van der Waals surface area (Å²) >= 11 is 13.5. The van der Waals surface area contributed by atoms with Crippen LogP contribution in [0.3, 0.4) is 0 Å². The predicted octanol–water partition coefficient (Wildman–Crippen LogP) is 5.10. The lowest BCUT2D eigenvalue weighted by atomic mass is 10.1. The van der Waals surface area contributed by atoms with Crippen molar-refractivity contribution in [3.8, 4) is 0 Å². The summed E-state index contributed by atoms with van der Waals surface area (Å²) in [5, 5.41) is 5.14. The zero-order chi connectivity index (χ0) is 14.7. The summed E-state index contributed by atoms with van der Waals surface area (Å²) in [7, 11) is 1.86. The summed E-state index contributed by atoms with van der Waals surface area (Å²) in [5.74, 6) is 1.18. The molecule has 0 aliphatic carbocycles. The molecule has 1 aromatic heterocycles. The summed E-state index contributed by atoms with van der Waals surface area (Å²) in [5.41, 5.74) is 1.10. The van der Waals surface area contributed by atoms with E-state index in [4.69, 9.17) is 23.2 Å². The minimum Gasteiger partial charge on any atom is -0.373 e. The molecule has 0 radical (unpaired) electrons. The maximum Gasteiger partial charge on any atom is 0.133 e. The van der Waals surface area contributed by atoms with Crippen molar-refractivity contribution >= 4 is 40.8 Å². The molecule has 0 aliphatic rings. The third kappa shape index (κ3) is 3.37. The first-order chi connectivity index (χ1) is 9.52. The van der Waals surface area contributed by atoms with Crippen LogP contribution in [0.2, 0.25) is 10.0 Å². The molecule has 1 N–H and O–H groups in total. The van der Waals surface area contributed by atoms with Gasteiger partial charge in [0, 0.05) is 17.5 Å². The van der Waals surface area contributed by atoms with E-state index in [1.54, 1.807) is 24.2 Å². The number of rotatable bonds is 4. The highest BCUT2D eigenvalue weighted by Crippen LogP contribution is 2.37. The van der Waals surface area contributed by atoms with Crippen molar-refractivity contribution in [2.24, 2.45) is 0 Å². The standard InChI is InChI=1S/C14H15Cl2N3S/c1-8(2)12-13(17-3)18-7-19-14(12)20-9-4-5-10(15)11(16)6-9/h4-8H,1-3H3,(H,17,18,19). The molecule has 0 amide bonds. The Bertz CT molecular complexity index is 617. The highest BCUT2D eigenvalue weighted by Gasteiger charge is 2.15. The van der Waals surface area contributed by atoms with Gasteiger partial charge >= 0.3 is 0 Å². The van der Waals surface area contributed by atoms with Crippen LogP contribution in [0.5, 0.6) is 0 Å². The minimum absolute atomic E-state index is 0.323. The Morgan fingerprint density at radius 1 is 1.15 bits per heavy atom. The van der Waals surface area contributed by atoms with Crippen LogP contribution in [0, 0.1) is 0 Å². The number of aromatic nitrogens is 2. The van der Waals surface area contributed by atoms with E-state index in [9.17, 15) is 0 Å². The van der Waals surface area contributed by atoms with E-state index >= 15 is 0 Å². The molecule has 0 saturated carbocycles. The second-order valence-corrected chi connectivity index (χ2v) is 6.40. The fourth-order valence-electron chi connectivity index (χ4n) is 1.83. The Morgan fingerprint density at radius 3 is 2.50 bits per heavy atom. The van der Waals surface area contributed by atoms with Crippen LogP contribution >= 0.6 is 35.0 Å². The van der Waals surface area contributed by atoms with Gasteiger partial charge in [0.1, 0.15) is 17.2 Å². The van der Waals surface area contributed by atoms with Gasteiger partial charge in [-0.15, -0.1) is 0 Å². The molecule has 2 rings (SSSR count). The van der Waals surface area contributed by atoms with E-state index in [1.807, 2.05) is 19.2 Å². The van der Waals surface area contributed by atoms with Gasteiger partial charge in [0.2, 0.25) is 0 Å². The van der Waals surface area contributed by atoms with Crippen LogP contribution in [0.1, 0.15) is 25.3 Å². The summed E-state index contributed by atoms with van der Waals surface area (Å²) in [6, 6.07) is 5.57. The van der Waals surface area contributed by atoms with E-state index in [1.165, 1.54) is 0 Å². The average molecular weight is 328 g/mol. The molecule has 0 unspecified atom stereocenters. The highest BCUT2D eigenvalue weighted by molar-refractivity contribution is 7.99. The maximum absolute atomic E-state index is 6.05. The minimum atomic E-state index is 0.323. The first-order valence-corrected chi connectivity index (χ1v) is 7.75. The fourth-order valence-corrected chi connectivity index (χ4v) is 3.27. The Hall–Kier alpha value is -0.970. The van der Waals surface area contributed by atoms with Gasteiger partial charge in [-0.3, -0.25) is 0 Å². The second-order valence-electron chi connectivity index (χ2n) is 4.52. The number of anilines is 1. The van der Waals surface area contributed by atoms with Crippen LogP contribution in [0.4, 0.5) is 5.82 Å². The van der Waals surface area contributed by atoms with Gasteiger partial charge in [0.15, 0.2) is 0 Å². The third-order valence-corrected chi connectivity index (χ3v) is 4.51. The first kappa shape index (κ1) is 15.4. The van der Waals surface area contributed by atoms with E-state index in [0.29, 0.717) is 16.0 Å². The molecule has 1 aromatic carbocycles. The molecule has 2 aromatic rings. The summed E-state index contributed by atoms with van der Waals surface area (Å²) < 4.78 is 0. The van der Waals surface area contributed by atoms with Gasteiger partial charge in [-0.25, -0.2) is 9.97 Å². The zero-order valence-corrected chi connectivity index (χ0v) is 13.8. The van der Waals surface area contributed by atoms with Crippen molar-refractivity contribution in [2.45, 2.75) is 29.7 Å². The SMILES string of the molecule is CNc1ncnc(Sc2ccc(Cl)c(Cl)c2)c1C(C)C. The number of nitrogens with one attached hydrogen (secondary N) is 1. The maximum atomic E-state index is 6.05. The lowest BCUT2D eigenvalue weighted by molar-refractivity contribution is 0.806. The molecule has 20 heavy (non-hydrogen) atoms. The molecule has 3 nitrogen and oxygen atoms in total. The van der Waals surface area contributed by atoms with Crippen molar-refractivity contribution in [3.63, 3.8) is 0 Å². The van der Waals surface area contributed by atoms with Crippen molar-refractivity contribution in [3.05, 3.63) is 40.1 Å². The van der Waals surface area contributed by atoms with Gasteiger partial charge in [-0.2, -0.15) is 0 Å². The van der Waals surface area contributed by atoms with Crippen LogP contribution in [0.25, 0.3) is 0 Å². The van der Waals surface area contributed by atoms with E-state index in [2.05, 4.69) is 29.1 Å². The number of nitrogens with zero attached hydrogens (tertiary/aromatic N) is 2. The number of benzene rings is 1. The van der Waals surface area contributed by atoms with Crippen LogP contribution in [-0.2, 0) is 0 Å². The molecule has 0 spiro atoms. The van der Waals surface area contributed by atoms with Crippen molar-refractivity contribution in [1.29, 1.82) is 0 Å². The third-order valence-electron chi connectivity index (χ3n) is 2.77. The van der Waals surface area contributed by atoms with E-state index in [0.717, 1.165) is 21.3 Å². The van der Waals surface area contributed by atoms with Crippen LogP contribution in [-0.4, -0.2) is 17.0 Å². The Balaban J connectivity index is 2.40. The summed E-state index contributed by atoms with van der Waals surface area (Å²) in [6.45, 7) is 4.25. The number of halogens is 2. The summed E-state index contributed by atoms with van der Waals surface area (Å²) in [6.07, 6.45) is 1.57. The lowest BCUT2D eigenvalue weighted by Crippen LogP contribution is -2.03. The average Bonchev–Trinajstić information content (AvgIpc) is 2.42. The molecule has 1 heterocycles. The monoisotopic (exact) mass is 327 g/mol. The van der Waals surface area contributed by atoms with Gasteiger partial charge < -0.3 is 5.32 Å². The van der Waals surface area contributed by atoms with Gasteiger partial charge in [-0.1, -0.05) is 48.8 Å². The molecule has 6 heteroatoms. The Morgan fingerprint density at radius 2 is 1.90 bits per heavy atom. The number of hydrogen-bond donors (Lipinski definition) is 1. The second kappa shape index (κ2) is 6.66. The number of hydrogen-bond acceptors (Lipinski definition) is 4. The van der Waals surface area contributed by atoms with Gasteiger partial charge in [-0.05, 0) is 24.1 Å². The molecular formula is C14H15Cl2N3S. The molecular weight excluding hydrogens is 313 g/mol. The Labute approximate surface area is 133 Å². The molecule has 106 valence electrons. The predicted molar refractivity (Wildman–Crippen MR) is 86.3 cm³/mol. The topological polar surface area (TPSA) is 37.8 Å². The van der Waals surface area contributed by atoms with E-state index in [-0.39, 0.29) is 0 Å². The van der Waals surface area contributed by atoms with Crippen molar-refractivity contribution in [1.82, 2.24) is 9.97 Å². The lowest BCUT2D eigenvalue weighted by Gasteiger charge is -2.15. The quantitative estimate of drug-likeness (QED) is 0.793. The largest absolute Gasteiger partial charge is 0.373 e. The molecule has 0 aliphatic heterocycles. The molecule has 0 fully saturated rings. The zero-order valence-electron chi connectivity index (χ0n) is 11.4. The smallest absolute Gasteiger partial charge is 0.133 e.